The number of hydrogen-bond acceptors (Lipinski definition) is 2. The second-order valence-corrected chi connectivity index (χ2v) is 3.77. The summed E-state index contributed by atoms with van der Waals surface area (Å²) in [4.78, 5) is 8.16. The van der Waals surface area contributed by atoms with Crippen LogP contribution in [-0.2, 0) is 0 Å². The lowest BCUT2D eigenvalue weighted by molar-refractivity contribution is 1.25. The summed E-state index contributed by atoms with van der Waals surface area (Å²) < 4.78 is 0.650. The van der Waals surface area contributed by atoms with Crippen LogP contribution in [0.3, 0.4) is 0 Å². The minimum atomic E-state index is 0.613. The first-order valence-corrected chi connectivity index (χ1v) is 5.09. The maximum atomic E-state index is 5.99. The lowest BCUT2D eigenvalue weighted by Gasteiger charge is -2.01. The molecule has 0 aliphatic carbocycles. The fraction of sp³-hybridized carbons (Fsp3) is 0. The van der Waals surface area contributed by atoms with E-state index in [4.69, 9.17) is 11.6 Å². The lowest BCUT2D eigenvalue weighted by atomic mass is 10.2. The molecule has 0 unspecified atom stereocenters. The highest BCUT2D eigenvalue weighted by Crippen LogP contribution is 2.25. The van der Waals surface area contributed by atoms with Crippen LogP contribution in [0.1, 0.15) is 0 Å². The molecule has 14 heavy (non-hydrogen) atoms. The maximum absolute atomic E-state index is 5.99. The van der Waals surface area contributed by atoms with E-state index in [2.05, 4.69) is 32.0 Å². The van der Waals surface area contributed by atoms with Crippen LogP contribution in [0.5, 0.6) is 0 Å². The van der Waals surface area contributed by atoms with E-state index < -0.39 is 0 Å². The van der Waals surface area contributed by atoms with Crippen LogP contribution >= 0.6 is 27.5 Å². The molecule has 0 atom stereocenters. The summed E-state index contributed by atoms with van der Waals surface area (Å²) in [5.41, 5.74) is 1.55. The number of halogens is 2. The van der Waals surface area contributed by atoms with Gasteiger partial charge >= 0.3 is 0 Å². The Morgan fingerprint density at radius 2 is 2.07 bits per heavy atom. The van der Waals surface area contributed by atoms with Crippen LogP contribution in [0.25, 0.3) is 11.3 Å². The third kappa shape index (κ3) is 1.94. The molecule has 0 aromatic carbocycles. The van der Waals surface area contributed by atoms with Crippen molar-refractivity contribution in [3.63, 3.8) is 0 Å². The van der Waals surface area contributed by atoms with Crippen molar-refractivity contribution in [2.75, 3.05) is 0 Å². The summed E-state index contributed by atoms with van der Waals surface area (Å²) in [6, 6.07) is 8.43. The maximum Gasteiger partial charge on any atom is 0.114 e. The van der Waals surface area contributed by atoms with E-state index in [0.29, 0.717) is 9.63 Å². The molecule has 2 aromatic heterocycles. The Kier molecular flexibility index (Phi) is 2.79. The number of hydrogen-bond donors (Lipinski definition) is 0. The second kappa shape index (κ2) is 4.07. The smallest absolute Gasteiger partial charge is 0.114 e. The molecule has 2 heterocycles. The third-order valence-corrected chi connectivity index (χ3v) is 2.39. The van der Waals surface area contributed by atoms with Crippen molar-refractivity contribution >= 4 is 27.5 Å². The van der Waals surface area contributed by atoms with Gasteiger partial charge in [-0.05, 0) is 34.1 Å². The van der Waals surface area contributed by atoms with Crippen molar-refractivity contribution in [1.82, 2.24) is 9.97 Å². The SMILES string of the molecule is Clc1cccnc1-c1[c]c(Br)ncc1. The number of nitrogens with zero attached hydrogens (tertiary/aromatic N) is 2. The summed E-state index contributed by atoms with van der Waals surface area (Å²) in [5, 5.41) is 0.613. The molecule has 4 heteroatoms. The van der Waals surface area contributed by atoms with Crippen molar-refractivity contribution in [2.45, 2.75) is 0 Å². The first-order chi connectivity index (χ1) is 6.77. The Balaban J connectivity index is 2.55. The van der Waals surface area contributed by atoms with Gasteiger partial charge in [0.15, 0.2) is 0 Å². The molecule has 0 amide bonds. The average molecular weight is 269 g/mol. The van der Waals surface area contributed by atoms with Gasteiger partial charge in [0.05, 0.1) is 10.7 Å². The van der Waals surface area contributed by atoms with E-state index in [1.165, 1.54) is 0 Å². The molecule has 0 N–H and O–H groups in total. The Labute approximate surface area is 95.1 Å². The van der Waals surface area contributed by atoms with Crippen LogP contribution < -0.4 is 0 Å². The molecule has 0 fully saturated rings. The van der Waals surface area contributed by atoms with E-state index in [-0.39, 0.29) is 0 Å². The quantitative estimate of drug-likeness (QED) is 0.741. The molecule has 2 rings (SSSR count). The molecule has 0 saturated heterocycles. The molecule has 0 aliphatic rings. The Hall–Kier alpha value is -0.930. The Morgan fingerprint density at radius 1 is 1.21 bits per heavy atom. The number of pyridine rings is 2. The van der Waals surface area contributed by atoms with Gasteiger partial charge in [0.25, 0.3) is 0 Å². The van der Waals surface area contributed by atoms with Crippen LogP contribution in [0.15, 0.2) is 35.2 Å². The number of rotatable bonds is 1. The fourth-order valence-corrected chi connectivity index (χ4v) is 1.64. The van der Waals surface area contributed by atoms with Gasteiger partial charge < -0.3 is 0 Å². The Morgan fingerprint density at radius 3 is 2.79 bits per heavy atom. The molecule has 0 saturated carbocycles. The normalized spacial score (nSPS) is 10.1. The zero-order valence-corrected chi connectivity index (χ0v) is 9.38. The highest BCUT2D eigenvalue weighted by Gasteiger charge is 2.04. The van der Waals surface area contributed by atoms with E-state index in [0.717, 1.165) is 11.3 Å². The minimum Gasteiger partial charge on any atom is -0.255 e. The van der Waals surface area contributed by atoms with Gasteiger partial charge in [-0.3, -0.25) is 4.98 Å². The van der Waals surface area contributed by atoms with Crippen LogP contribution in [0.2, 0.25) is 5.02 Å². The first-order valence-electron chi connectivity index (χ1n) is 3.92. The van der Waals surface area contributed by atoms with Crippen molar-refractivity contribution in [2.24, 2.45) is 0 Å². The topological polar surface area (TPSA) is 25.8 Å². The Bertz CT molecular complexity index is 459. The van der Waals surface area contributed by atoms with E-state index >= 15 is 0 Å². The zero-order chi connectivity index (χ0) is 9.97. The summed E-state index contributed by atoms with van der Waals surface area (Å²) >= 11 is 9.24. The fourth-order valence-electron chi connectivity index (χ4n) is 1.08. The highest BCUT2D eigenvalue weighted by atomic mass is 79.9. The largest absolute Gasteiger partial charge is 0.255 e. The molecular weight excluding hydrogens is 263 g/mol. The highest BCUT2D eigenvalue weighted by molar-refractivity contribution is 9.10. The van der Waals surface area contributed by atoms with Gasteiger partial charge in [0.2, 0.25) is 0 Å². The van der Waals surface area contributed by atoms with E-state index in [1.807, 2.05) is 6.07 Å². The molecular formula is C10H5BrClN2. The van der Waals surface area contributed by atoms with E-state index in [9.17, 15) is 0 Å². The average Bonchev–Trinajstić information content (AvgIpc) is 2.18. The molecule has 0 aliphatic heterocycles. The van der Waals surface area contributed by atoms with Crippen LogP contribution in [-0.4, -0.2) is 9.97 Å². The van der Waals surface area contributed by atoms with Gasteiger partial charge in [0.1, 0.15) is 4.60 Å². The summed E-state index contributed by atoms with van der Waals surface area (Å²) in [6.45, 7) is 0. The molecule has 69 valence electrons. The van der Waals surface area contributed by atoms with Gasteiger partial charge in [-0.25, -0.2) is 4.98 Å². The molecule has 0 bridgehead atoms. The molecule has 1 radical (unpaired) electrons. The predicted molar refractivity (Wildman–Crippen MR) is 59.0 cm³/mol. The zero-order valence-electron chi connectivity index (χ0n) is 7.04. The third-order valence-electron chi connectivity index (χ3n) is 1.68. The van der Waals surface area contributed by atoms with Gasteiger partial charge in [-0.1, -0.05) is 11.6 Å². The minimum absolute atomic E-state index is 0.613. The first kappa shape index (κ1) is 9.62. The van der Waals surface area contributed by atoms with Crippen molar-refractivity contribution in [3.8, 4) is 11.3 Å². The van der Waals surface area contributed by atoms with E-state index in [1.54, 1.807) is 24.5 Å². The predicted octanol–water partition coefficient (Wildman–Crippen LogP) is 3.36. The monoisotopic (exact) mass is 267 g/mol. The van der Waals surface area contributed by atoms with Gasteiger partial charge in [0, 0.05) is 24.0 Å². The van der Waals surface area contributed by atoms with Crippen LogP contribution in [0.4, 0.5) is 0 Å². The molecule has 2 nitrogen and oxygen atoms in total. The summed E-state index contributed by atoms with van der Waals surface area (Å²) in [5.74, 6) is 0. The van der Waals surface area contributed by atoms with Crippen LogP contribution in [0, 0.1) is 6.07 Å². The summed E-state index contributed by atoms with van der Waals surface area (Å²) in [7, 11) is 0. The van der Waals surface area contributed by atoms with Crippen molar-refractivity contribution < 1.29 is 0 Å². The summed E-state index contributed by atoms with van der Waals surface area (Å²) in [6.07, 6.45) is 3.38. The lowest BCUT2D eigenvalue weighted by Crippen LogP contribution is -1.85. The molecule has 0 spiro atoms. The van der Waals surface area contributed by atoms with Crippen molar-refractivity contribution in [3.05, 3.63) is 46.3 Å². The molecule has 2 aromatic rings. The number of aromatic nitrogens is 2. The van der Waals surface area contributed by atoms with Crippen molar-refractivity contribution in [1.29, 1.82) is 0 Å². The standard InChI is InChI=1S/C10H5BrClN2/c11-9-6-7(3-5-13-9)10-8(12)2-1-4-14-10/h1-5H. The van der Waals surface area contributed by atoms with Gasteiger partial charge in [-0.15, -0.1) is 0 Å². The second-order valence-electron chi connectivity index (χ2n) is 2.61. The van der Waals surface area contributed by atoms with Gasteiger partial charge in [-0.2, -0.15) is 0 Å².